The highest BCUT2D eigenvalue weighted by Gasteiger charge is 2.23. The molecular weight excluding hydrogens is 755 g/mol. The van der Waals surface area contributed by atoms with Crippen molar-refractivity contribution < 1.29 is 0 Å². The minimum Gasteiger partial charge on any atom is -0.309 e. The van der Waals surface area contributed by atoms with Crippen LogP contribution in [0.5, 0.6) is 0 Å². The molecule has 0 unspecified atom stereocenters. The third-order valence-corrected chi connectivity index (χ3v) is 12.0. The van der Waals surface area contributed by atoms with Crippen molar-refractivity contribution in [1.82, 2.24) is 24.1 Å². The molecule has 0 bridgehead atoms. The van der Waals surface area contributed by atoms with Gasteiger partial charge in [-0.15, -0.1) is 0 Å². The van der Waals surface area contributed by atoms with Crippen LogP contribution in [0.1, 0.15) is 0 Å². The molecule has 0 radical (unpaired) electrons. The zero-order valence-corrected chi connectivity index (χ0v) is 33.6. The molecule has 0 spiro atoms. The molecule has 12 aromatic rings. The molecule has 0 fully saturated rings. The third kappa shape index (κ3) is 5.90. The number of aromatic nitrogens is 5. The smallest absolute Gasteiger partial charge is 0.238 e. The van der Waals surface area contributed by atoms with Gasteiger partial charge in [0.25, 0.3) is 0 Å². The van der Waals surface area contributed by atoms with Crippen molar-refractivity contribution in [1.29, 1.82) is 0 Å². The van der Waals surface area contributed by atoms with Crippen LogP contribution in [0.4, 0.5) is 0 Å². The number of rotatable bonds is 7. The molecule has 5 heteroatoms. The summed E-state index contributed by atoms with van der Waals surface area (Å²) >= 11 is 0. The largest absolute Gasteiger partial charge is 0.309 e. The van der Waals surface area contributed by atoms with Crippen molar-refractivity contribution in [3.05, 3.63) is 224 Å². The lowest BCUT2D eigenvalue weighted by Gasteiger charge is -2.15. The Morgan fingerprint density at radius 1 is 0.274 bits per heavy atom. The minimum atomic E-state index is 0.546. The third-order valence-electron chi connectivity index (χ3n) is 12.0. The lowest BCUT2D eigenvalue weighted by atomic mass is 9.94. The van der Waals surface area contributed by atoms with Crippen LogP contribution < -0.4 is 0 Å². The van der Waals surface area contributed by atoms with Gasteiger partial charge in [0.2, 0.25) is 5.95 Å². The Hall–Kier alpha value is -8.41. The van der Waals surface area contributed by atoms with Gasteiger partial charge in [-0.05, 0) is 75.8 Å². The molecule has 0 aliphatic carbocycles. The van der Waals surface area contributed by atoms with Crippen LogP contribution in [0.3, 0.4) is 0 Å². The molecule has 3 aromatic heterocycles. The van der Waals surface area contributed by atoms with Crippen molar-refractivity contribution in [2.75, 3.05) is 0 Å². The molecule has 0 atom stereocenters. The standard InChI is InChI=1S/C57H37N5/c1-4-18-38(19-5-1)40-32-34-42(35-33-40)55-58-56(47-27-13-17-31-52(47)61-49-28-14-10-24-44(49)45-25-11-15-29-50(45)61)60-57(59-55)62-51-30-16-12-26-46(51)54-48(41-22-8-3-9-23-41)36-43(37-53(54)62)39-20-6-2-7-21-39/h1-37H. The second-order valence-corrected chi connectivity index (χ2v) is 15.6. The predicted molar refractivity (Wildman–Crippen MR) is 256 cm³/mol. The summed E-state index contributed by atoms with van der Waals surface area (Å²) in [6.07, 6.45) is 0. The van der Waals surface area contributed by atoms with Gasteiger partial charge < -0.3 is 4.57 Å². The van der Waals surface area contributed by atoms with Crippen LogP contribution in [0, 0.1) is 0 Å². The number of hydrogen-bond donors (Lipinski definition) is 0. The first-order valence-corrected chi connectivity index (χ1v) is 21.0. The van der Waals surface area contributed by atoms with Crippen molar-refractivity contribution >= 4 is 43.6 Å². The normalized spacial score (nSPS) is 11.5. The van der Waals surface area contributed by atoms with E-state index in [2.05, 4.69) is 228 Å². The minimum absolute atomic E-state index is 0.546. The summed E-state index contributed by atoms with van der Waals surface area (Å²) in [5.74, 6) is 1.72. The molecule has 0 aliphatic heterocycles. The maximum atomic E-state index is 5.50. The molecule has 0 N–H and O–H groups in total. The molecule has 290 valence electrons. The Labute approximate surface area is 358 Å². The van der Waals surface area contributed by atoms with Gasteiger partial charge in [0.15, 0.2) is 11.6 Å². The summed E-state index contributed by atoms with van der Waals surface area (Å²) in [7, 11) is 0. The number of nitrogens with zero attached hydrogens (tertiary/aromatic N) is 5. The van der Waals surface area contributed by atoms with Gasteiger partial charge in [-0.2, -0.15) is 9.97 Å². The van der Waals surface area contributed by atoms with Gasteiger partial charge in [-0.1, -0.05) is 182 Å². The summed E-state index contributed by atoms with van der Waals surface area (Å²) < 4.78 is 4.58. The summed E-state index contributed by atoms with van der Waals surface area (Å²) in [6.45, 7) is 0. The molecule has 62 heavy (non-hydrogen) atoms. The van der Waals surface area contributed by atoms with E-state index in [1.807, 2.05) is 6.07 Å². The highest BCUT2D eigenvalue weighted by Crippen LogP contribution is 2.42. The number of fused-ring (bicyclic) bond motifs is 6. The average molecular weight is 792 g/mol. The molecule has 5 nitrogen and oxygen atoms in total. The average Bonchev–Trinajstić information content (AvgIpc) is 3.87. The van der Waals surface area contributed by atoms with Gasteiger partial charge in [-0.25, -0.2) is 4.98 Å². The first kappa shape index (κ1) is 35.5. The van der Waals surface area contributed by atoms with E-state index in [1.165, 1.54) is 10.8 Å². The van der Waals surface area contributed by atoms with Gasteiger partial charge in [0.05, 0.1) is 27.8 Å². The van der Waals surface area contributed by atoms with E-state index in [0.29, 0.717) is 17.6 Å². The van der Waals surface area contributed by atoms with Crippen molar-refractivity contribution in [2.24, 2.45) is 0 Å². The van der Waals surface area contributed by atoms with Crippen LogP contribution in [-0.4, -0.2) is 24.1 Å². The van der Waals surface area contributed by atoms with E-state index in [9.17, 15) is 0 Å². The van der Waals surface area contributed by atoms with Gasteiger partial charge in [0.1, 0.15) is 0 Å². The molecule has 0 aliphatic rings. The topological polar surface area (TPSA) is 48.5 Å². The maximum Gasteiger partial charge on any atom is 0.238 e. The quantitative estimate of drug-likeness (QED) is 0.162. The Morgan fingerprint density at radius 3 is 1.39 bits per heavy atom. The highest BCUT2D eigenvalue weighted by atomic mass is 15.2. The van der Waals surface area contributed by atoms with E-state index >= 15 is 0 Å². The Bertz CT molecular complexity index is 3550. The van der Waals surface area contributed by atoms with E-state index in [4.69, 9.17) is 15.0 Å². The van der Waals surface area contributed by atoms with Crippen molar-refractivity contribution in [3.8, 4) is 67.8 Å². The Balaban J connectivity index is 1.16. The fraction of sp³-hybridized carbons (Fsp3) is 0. The lowest BCUT2D eigenvalue weighted by Crippen LogP contribution is -2.08. The summed E-state index contributed by atoms with van der Waals surface area (Å²) in [4.78, 5) is 16.3. The van der Waals surface area contributed by atoms with Crippen LogP contribution in [0.15, 0.2) is 224 Å². The number of benzene rings is 9. The molecule has 3 heterocycles. The fourth-order valence-corrected chi connectivity index (χ4v) is 9.15. The summed E-state index contributed by atoms with van der Waals surface area (Å²) in [5.41, 5.74) is 13.9. The lowest BCUT2D eigenvalue weighted by molar-refractivity contribution is 0.952. The Morgan fingerprint density at radius 2 is 0.742 bits per heavy atom. The van der Waals surface area contributed by atoms with Gasteiger partial charge >= 0.3 is 0 Å². The van der Waals surface area contributed by atoms with Crippen LogP contribution >= 0.6 is 0 Å². The van der Waals surface area contributed by atoms with Gasteiger partial charge in [-0.3, -0.25) is 4.57 Å². The van der Waals surface area contributed by atoms with Crippen LogP contribution in [0.25, 0.3) is 111 Å². The molecule has 0 saturated carbocycles. The predicted octanol–water partition coefficient (Wildman–Crippen LogP) is 14.4. The van der Waals surface area contributed by atoms with Gasteiger partial charge in [0, 0.05) is 32.7 Å². The Kier molecular flexibility index (Phi) is 8.42. The van der Waals surface area contributed by atoms with E-state index in [1.54, 1.807) is 0 Å². The van der Waals surface area contributed by atoms with Crippen LogP contribution in [-0.2, 0) is 0 Å². The number of para-hydroxylation sites is 4. The van der Waals surface area contributed by atoms with E-state index in [0.717, 1.165) is 83.0 Å². The van der Waals surface area contributed by atoms with Crippen molar-refractivity contribution in [3.63, 3.8) is 0 Å². The zero-order chi connectivity index (χ0) is 41.0. The van der Waals surface area contributed by atoms with Crippen LogP contribution in [0.2, 0.25) is 0 Å². The molecule has 0 amide bonds. The molecule has 0 saturated heterocycles. The highest BCUT2D eigenvalue weighted by molar-refractivity contribution is 6.17. The monoisotopic (exact) mass is 791 g/mol. The molecule has 12 rings (SSSR count). The first-order valence-electron chi connectivity index (χ1n) is 21.0. The SMILES string of the molecule is c1ccc(-c2ccc(-c3nc(-c4ccccc4-n4c5ccccc5c5ccccc54)nc(-n4c5ccccc5c5c(-c6ccccc6)cc(-c6ccccc6)cc54)n3)cc2)cc1. The second-order valence-electron chi connectivity index (χ2n) is 15.6. The first-order chi connectivity index (χ1) is 30.8. The maximum absolute atomic E-state index is 5.50. The molecular formula is C57H37N5. The summed E-state index contributed by atoms with van der Waals surface area (Å²) in [5, 5.41) is 4.67. The summed E-state index contributed by atoms with van der Waals surface area (Å²) in [6, 6.07) is 79.2. The molecule has 9 aromatic carbocycles. The van der Waals surface area contributed by atoms with Crippen molar-refractivity contribution in [2.45, 2.75) is 0 Å². The fourth-order valence-electron chi connectivity index (χ4n) is 9.15. The van der Waals surface area contributed by atoms with E-state index < -0.39 is 0 Å². The van der Waals surface area contributed by atoms with E-state index in [-0.39, 0.29) is 0 Å². The number of hydrogen-bond acceptors (Lipinski definition) is 3. The zero-order valence-electron chi connectivity index (χ0n) is 33.6. The second kappa shape index (κ2) is 14.7.